The second-order valence-electron chi connectivity index (χ2n) is 6.21. The summed E-state index contributed by atoms with van der Waals surface area (Å²) in [5.74, 6) is 0. The summed E-state index contributed by atoms with van der Waals surface area (Å²) in [6, 6.07) is 44.0. The van der Waals surface area contributed by atoms with Crippen molar-refractivity contribution in [3.05, 3.63) is 121 Å². The first-order chi connectivity index (χ1) is 12.4. The minimum atomic E-state index is -2.30. The van der Waals surface area contributed by atoms with Gasteiger partial charge in [-0.3, -0.25) is 0 Å². The first-order valence-corrected chi connectivity index (χ1v) is 10.6. The van der Waals surface area contributed by atoms with Crippen LogP contribution in [-0.4, -0.2) is 0 Å². The van der Waals surface area contributed by atoms with E-state index in [9.17, 15) is 0 Å². The molecule has 0 heterocycles. The van der Waals surface area contributed by atoms with Gasteiger partial charge < -0.3 is 0 Å². The van der Waals surface area contributed by atoms with Crippen molar-refractivity contribution in [2.75, 3.05) is 0 Å². The van der Waals surface area contributed by atoms with Crippen LogP contribution < -0.4 is 21.2 Å². The summed E-state index contributed by atoms with van der Waals surface area (Å²) in [6.45, 7) is 0. The van der Waals surface area contributed by atoms with Gasteiger partial charge in [0.2, 0.25) is 0 Å². The van der Waals surface area contributed by atoms with Crippen LogP contribution in [0.1, 0.15) is 0 Å². The van der Waals surface area contributed by atoms with Gasteiger partial charge >= 0.3 is 150 Å². The Balaban J connectivity index is 0.00000196. The molecule has 0 nitrogen and oxygen atoms in total. The van der Waals surface area contributed by atoms with Crippen LogP contribution in [0.4, 0.5) is 0 Å². The average Bonchev–Trinajstić information content (AvgIpc) is 2.72. The second kappa shape index (κ2) is 8.62. The van der Waals surface area contributed by atoms with E-state index < -0.39 is 7.26 Å². The van der Waals surface area contributed by atoms with Crippen molar-refractivity contribution in [1.29, 1.82) is 0 Å². The van der Waals surface area contributed by atoms with Gasteiger partial charge in [0.25, 0.3) is 0 Å². The molecule has 4 aromatic carbocycles. The van der Waals surface area contributed by atoms with Crippen molar-refractivity contribution < 1.29 is 22.4 Å². The van der Waals surface area contributed by atoms with Crippen LogP contribution in [0.25, 0.3) is 0 Å². The fourth-order valence-corrected chi connectivity index (χ4v) is 8.52. The molecule has 0 saturated heterocycles. The van der Waals surface area contributed by atoms with Crippen LogP contribution in [0.5, 0.6) is 0 Å². The Bertz CT molecular complexity index is 759. The first kappa shape index (κ1) is 18.8. The third-order valence-electron chi connectivity index (χ3n) is 4.83. The second-order valence-corrected chi connectivity index (χ2v) is 10.0. The van der Waals surface area contributed by atoms with Crippen molar-refractivity contribution in [3.63, 3.8) is 0 Å². The van der Waals surface area contributed by atoms with Crippen molar-refractivity contribution in [3.8, 4) is 0 Å². The first-order valence-electron chi connectivity index (χ1n) is 8.64. The van der Waals surface area contributed by atoms with E-state index in [1.165, 1.54) is 21.2 Å². The van der Waals surface area contributed by atoms with E-state index in [0.29, 0.717) is 0 Å². The zero-order chi connectivity index (χ0) is 17.0. The molecule has 0 bridgehead atoms. The van der Waals surface area contributed by atoms with E-state index in [-0.39, 0.29) is 22.4 Å². The van der Waals surface area contributed by atoms with E-state index in [1.54, 1.807) is 0 Å². The number of benzene rings is 4. The summed E-state index contributed by atoms with van der Waals surface area (Å²) >= 11 is 0. The predicted molar refractivity (Wildman–Crippen MR) is 113 cm³/mol. The van der Waals surface area contributed by atoms with E-state index in [4.69, 9.17) is 0 Å². The molecule has 2 heteroatoms. The minimum absolute atomic E-state index is 0. The van der Waals surface area contributed by atoms with Crippen molar-refractivity contribution in [2.24, 2.45) is 0 Å². The van der Waals surface area contributed by atoms with Crippen LogP contribution in [0.15, 0.2) is 121 Å². The van der Waals surface area contributed by atoms with Gasteiger partial charge in [-0.2, -0.15) is 0 Å². The fourth-order valence-electron chi connectivity index (χ4n) is 3.75. The Labute approximate surface area is 171 Å². The Hall–Kier alpha value is -1.95. The summed E-state index contributed by atoms with van der Waals surface area (Å²) in [5, 5.41) is 5.66. The van der Waals surface area contributed by atoms with E-state index in [2.05, 4.69) is 121 Å². The molecule has 1 radical (unpaired) electrons. The molecule has 0 fully saturated rings. The molecule has 0 atom stereocenters. The normalized spacial score (nSPS) is 11.4. The molecule has 0 amide bonds. The zero-order valence-corrected chi connectivity index (χ0v) is 17.5. The van der Waals surface area contributed by atoms with Gasteiger partial charge in [-0.25, -0.2) is 0 Å². The van der Waals surface area contributed by atoms with Gasteiger partial charge in [0.1, 0.15) is 0 Å². The van der Waals surface area contributed by atoms with Crippen LogP contribution in [0.3, 0.4) is 0 Å². The summed E-state index contributed by atoms with van der Waals surface area (Å²) in [4.78, 5) is 0. The van der Waals surface area contributed by atoms with Crippen molar-refractivity contribution in [2.45, 2.75) is 0 Å². The van der Waals surface area contributed by atoms with Crippen molar-refractivity contribution in [1.82, 2.24) is 0 Å². The monoisotopic (exact) mass is 537 g/mol. The SMILES string of the molecule is [Au].c1ccc([PH](c2ccccc2)(c2ccccc2)c2ccccc2)cc1. The number of rotatable bonds is 4. The quantitative estimate of drug-likeness (QED) is 0.273. The maximum absolute atomic E-state index is 2.30. The molecule has 0 aliphatic carbocycles. The van der Waals surface area contributed by atoms with Crippen LogP contribution in [0.2, 0.25) is 0 Å². The zero-order valence-electron chi connectivity index (χ0n) is 14.3. The Morgan fingerprint density at radius 2 is 0.500 bits per heavy atom. The summed E-state index contributed by atoms with van der Waals surface area (Å²) in [7, 11) is -2.30. The van der Waals surface area contributed by atoms with Gasteiger partial charge in [0.05, 0.1) is 0 Å². The standard InChI is InChI=1S/C24H21P.Au/c1-5-13-21(14-6-1)25(22-15-7-2-8-16-22,23-17-9-3-10-18-23)24-19-11-4-12-20-24;/h1-20,25H;. The number of hydrogen-bond donors (Lipinski definition) is 0. The molecule has 4 rings (SSSR count). The van der Waals surface area contributed by atoms with Crippen molar-refractivity contribution >= 4 is 28.5 Å². The summed E-state index contributed by atoms with van der Waals surface area (Å²) in [5.41, 5.74) is 0. The molecular weight excluding hydrogens is 516 g/mol. The average molecular weight is 537 g/mol. The maximum atomic E-state index is 2.29. The fraction of sp³-hybridized carbons (Fsp3) is 0. The van der Waals surface area contributed by atoms with Gasteiger partial charge in [-0.1, -0.05) is 0 Å². The summed E-state index contributed by atoms with van der Waals surface area (Å²) in [6.07, 6.45) is 0. The molecule has 26 heavy (non-hydrogen) atoms. The summed E-state index contributed by atoms with van der Waals surface area (Å²) < 4.78 is 0. The molecule has 0 aromatic heterocycles. The molecule has 0 spiro atoms. The predicted octanol–water partition coefficient (Wildman–Crippen LogP) is 4.04. The van der Waals surface area contributed by atoms with Gasteiger partial charge in [-0.05, 0) is 0 Å². The van der Waals surface area contributed by atoms with Gasteiger partial charge in [-0.15, -0.1) is 0 Å². The Kier molecular flexibility index (Phi) is 6.25. The van der Waals surface area contributed by atoms with Gasteiger partial charge in [0, 0.05) is 22.4 Å². The molecular formula is C24H21AuP. The third kappa shape index (κ3) is 3.34. The molecule has 4 aromatic rings. The molecule has 133 valence electrons. The molecule has 0 aliphatic rings. The topological polar surface area (TPSA) is 0 Å². The Morgan fingerprint density at radius 1 is 0.308 bits per heavy atom. The molecule has 0 N–H and O–H groups in total. The number of hydrogen-bond acceptors (Lipinski definition) is 0. The molecule has 0 saturated carbocycles. The van der Waals surface area contributed by atoms with Crippen LogP contribution >= 0.6 is 7.26 Å². The van der Waals surface area contributed by atoms with E-state index in [1.807, 2.05) is 0 Å². The Morgan fingerprint density at radius 3 is 0.692 bits per heavy atom. The third-order valence-corrected chi connectivity index (χ3v) is 9.62. The van der Waals surface area contributed by atoms with Gasteiger partial charge in [0.15, 0.2) is 0 Å². The van der Waals surface area contributed by atoms with Crippen LogP contribution in [0, 0.1) is 0 Å². The molecule has 0 unspecified atom stereocenters. The molecule has 0 aliphatic heterocycles. The van der Waals surface area contributed by atoms with Crippen LogP contribution in [-0.2, 0) is 22.4 Å². The van der Waals surface area contributed by atoms with E-state index >= 15 is 0 Å². The van der Waals surface area contributed by atoms with E-state index in [0.717, 1.165) is 0 Å².